The van der Waals surface area contributed by atoms with Crippen LogP contribution in [0.15, 0.2) is 54.9 Å². The van der Waals surface area contributed by atoms with Crippen LogP contribution in [0.1, 0.15) is 31.7 Å². The number of carbonyl (C=O) groups excluding carboxylic acids is 2. The van der Waals surface area contributed by atoms with Gasteiger partial charge in [0.15, 0.2) is 0 Å². The fourth-order valence-electron chi connectivity index (χ4n) is 4.40. The van der Waals surface area contributed by atoms with E-state index >= 15 is 0 Å². The fraction of sp³-hybridized carbons (Fsp3) is 0.435. The molecule has 2 aliphatic heterocycles. The minimum atomic E-state index is -0.467. The van der Waals surface area contributed by atoms with Crippen molar-refractivity contribution in [1.29, 1.82) is 0 Å². The van der Waals surface area contributed by atoms with E-state index in [9.17, 15) is 9.59 Å². The molecule has 3 amide bonds. The van der Waals surface area contributed by atoms with Gasteiger partial charge in [0.25, 0.3) is 5.91 Å². The Morgan fingerprint density at radius 1 is 1.20 bits per heavy atom. The summed E-state index contributed by atoms with van der Waals surface area (Å²) in [6.07, 6.45) is 5.09. The molecule has 1 aromatic carbocycles. The van der Waals surface area contributed by atoms with Gasteiger partial charge < -0.3 is 20.3 Å². The van der Waals surface area contributed by atoms with E-state index in [4.69, 9.17) is 4.74 Å². The quantitative estimate of drug-likeness (QED) is 0.814. The molecule has 1 spiro atoms. The zero-order valence-electron chi connectivity index (χ0n) is 17.2. The Labute approximate surface area is 176 Å². The maximum Gasteiger partial charge on any atom is 0.317 e. The molecule has 0 bridgehead atoms. The molecule has 4 rings (SSSR count). The lowest BCUT2D eigenvalue weighted by Gasteiger charge is -2.44. The smallest absolute Gasteiger partial charge is 0.317 e. The van der Waals surface area contributed by atoms with E-state index < -0.39 is 6.10 Å². The second kappa shape index (κ2) is 8.83. The van der Waals surface area contributed by atoms with E-state index in [1.807, 2.05) is 41.3 Å². The minimum Gasteiger partial charge on any atom is -0.362 e. The molecule has 0 radical (unpaired) electrons. The van der Waals surface area contributed by atoms with Gasteiger partial charge in [-0.2, -0.15) is 0 Å². The lowest BCUT2D eigenvalue weighted by molar-refractivity contribution is -0.141. The Bertz CT molecular complexity index is 877. The van der Waals surface area contributed by atoms with Gasteiger partial charge in [-0.25, -0.2) is 4.79 Å². The Morgan fingerprint density at radius 2 is 2.03 bits per heavy atom. The van der Waals surface area contributed by atoms with Crippen molar-refractivity contribution in [2.75, 3.05) is 18.4 Å². The van der Waals surface area contributed by atoms with Crippen LogP contribution in [0.5, 0.6) is 0 Å². The van der Waals surface area contributed by atoms with E-state index in [-0.39, 0.29) is 23.5 Å². The highest BCUT2D eigenvalue weighted by molar-refractivity contribution is 5.94. The first kappa shape index (κ1) is 20.3. The molecule has 0 saturated carbocycles. The molecule has 2 aromatic rings. The number of aromatic nitrogens is 1. The normalized spacial score (nSPS) is 25.8. The number of carbonyl (C=O) groups is 2. The number of piperidine rings is 1. The van der Waals surface area contributed by atoms with Gasteiger partial charge >= 0.3 is 6.03 Å². The van der Waals surface area contributed by atoms with Crippen LogP contribution >= 0.6 is 0 Å². The highest BCUT2D eigenvalue weighted by Crippen LogP contribution is 2.42. The van der Waals surface area contributed by atoms with E-state index in [1.165, 1.54) is 0 Å². The van der Waals surface area contributed by atoms with Crippen LogP contribution in [-0.4, -0.2) is 46.6 Å². The number of rotatable bonds is 4. The first-order chi connectivity index (χ1) is 14.6. The van der Waals surface area contributed by atoms with Crippen molar-refractivity contribution in [2.45, 2.75) is 44.4 Å². The summed E-state index contributed by atoms with van der Waals surface area (Å²) in [5, 5.41) is 5.88. The maximum atomic E-state index is 12.6. The van der Waals surface area contributed by atoms with Crippen LogP contribution in [0.3, 0.4) is 0 Å². The van der Waals surface area contributed by atoms with E-state index in [0.29, 0.717) is 31.7 Å². The van der Waals surface area contributed by atoms with Crippen molar-refractivity contribution in [3.8, 4) is 0 Å². The Hall–Kier alpha value is -2.93. The third-order valence-electron chi connectivity index (χ3n) is 6.20. The molecule has 3 atom stereocenters. The molecule has 1 aromatic heterocycles. The molecule has 158 valence electrons. The number of urea groups is 1. The molecule has 2 N–H and O–H groups in total. The fourth-order valence-corrected chi connectivity index (χ4v) is 4.40. The molecule has 2 saturated heterocycles. The third kappa shape index (κ3) is 4.46. The summed E-state index contributed by atoms with van der Waals surface area (Å²) in [6, 6.07) is 13.4. The van der Waals surface area contributed by atoms with E-state index in [1.54, 1.807) is 18.5 Å². The topological polar surface area (TPSA) is 83.6 Å². The monoisotopic (exact) mass is 408 g/mol. The number of nitrogens with zero attached hydrogens (tertiary/aromatic N) is 2. The van der Waals surface area contributed by atoms with Crippen LogP contribution in [0, 0.1) is 5.92 Å². The van der Waals surface area contributed by atoms with E-state index in [0.717, 1.165) is 18.4 Å². The largest absolute Gasteiger partial charge is 0.362 e. The lowest BCUT2D eigenvalue weighted by atomic mass is 9.80. The molecule has 7 nitrogen and oxygen atoms in total. The number of amides is 3. The zero-order chi connectivity index (χ0) is 21.0. The number of nitrogens with one attached hydrogen (secondary N) is 2. The molecular weight excluding hydrogens is 380 g/mol. The lowest BCUT2D eigenvalue weighted by Crippen LogP contribution is -2.54. The van der Waals surface area contributed by atoms with Crippen molar-refractivity contribution < 1.29 is 14.3 Å². The average Bonchev–Trinajstić information content (AvgIpc) is 3.21. The van der Waals surface area contributed by atoms with Gasteiger partial charge in [-0.05, 0) is 37.0 Å². The summed E-state index contributed by atoms with van der Waals surface area (Å²) in [6.45, 7) is 3.88. The van der Waals surface area contributed by atoms with Gasteiger partial charge in [0.05, 0.1) is 17.5 Å². The SMILES string of the molecule is C[C@@H]1CN(C(=O)NCc2ccccc2)CC[C@]12CC[C@H](C(=O)Nc1cccnc1)O2. The predicted molar refractivity (Wildman–Crippen MR) is 114 cm³/mol. The molecular formula is C23H28N4O3. The number of hydrogen-bond donors (Lipinski definition) is 2. The number of anilines is 1. The number of ether oxygens (including phenoxy) is 1. The third-order valence-corrected chi connectivity index (χ3v) is 6.20. The molecule has 0 unspecified atom stereocenters. The van der Waals surface area contributed by atoms with Crippen LogP contribution in [0.25, 0.3) is 0 Å². The van der Waals surface area contributed by atoms with Gasteiger partial charge in [-0.3, -0.25) is 9.78 Å². The standard InChI is InChI=1S/C23H28N4O3/c1-17-16-27(22(29)25-14-18-6-3-2-4-7-18)13-11-23(17)10-9-20(30-23)21(28)26-19-8-5-12-24-15-19/h2-8,12,15,17,20H,9-11,13-14,16H2,1H3,(H,25,29)(H,26,28)/t17-,20-,23-/m1/s1. The van der Waals surface area contributed by atoms with Crippen molar-refractivity contribution in [1.82, 2.24) is 15.2 Å². The summed E-state index contributed by atoms with van der Waals surface area (Å²) < 4.78 is 6.30. The molecule has 3 heterocycles. The Balaban J connectivity index is 1.29. The average molecular weight is 409 g/mol. The van der Waals surface area contributed by atoms with Crippen molar-refractivity contribution in [3.05, 3.63) is 60.4 Å². The Morgan fingerprint density at radius 3 is 2.77 bits per heavy atom. The van der Waals surface area contributed by atoms with Crippen molar-refractivity contribution in [3.63, 3.8) is 0 Å². The van der Waals surface area contributed by atoms with E-state index in [2.05, 4.69) is 22.5 Å². The predicted octanol–water partition coefficient (Wildman–Crippen LogP) is 3.19. The second-order valence-corrected chi connectivity index (χ2v) is 8.18. The van der Waals surface area contributed by atoms with Gasteiger partial charge in [-0.15, -0.1) is 0 Å². The molecule has 0 aliphatic carbocycles. The second-order valence-electron chi connectivity index (χ2n) is 8.18. The van der Waals surface area contributed by atoms with Crippen LogP contribution in [0.2, 0.25) is 0 Å². The Kier molecular flexibility index (Phi) is 5.99. The van der Waals surface area contributed by atoms with Crippen LogP contribution in [0.4, 0.5) is 10.5 Å². The first-order valence-corrected chi connectivity index (χ1v) is 10.5. The number of likely N-dealkylation sites (tertiary alicyclic amines) is 1. The number of benzene rings is 1. The summed E-state index contributed by atoms with van der Waals surface area (Å²) in [5.41, 5.74) is 1.41. The molecule has 2 fully saturated rings. The van der Waals surface area contributed by atoms with Gasteiger partial charge in [-0.1, -0.05) is 37.3 Å². The number of hydrogen-bond acceptors (Lipinski definition) is 4. The van der Waals surface area contributed by atoms with Gasteiger partial charge in [0.1, 0.15) is 6.10 Å². The summed E-state index contributed by atoms with van der Waals surface area (Å²) >= 11 is 0. The molecule has 7 heteroatoms. The maximum absolute atomic E-state index is 12.6. The summed E-state index contributed by atoms with van der Waals surface area (Å²) in [5.74, 6) is 0.0278. The highest BCUT2D eigenvalue weighted by atomic mass is 16.5. The summed E-state index contributed by atoms with van der Waals surface area (Å²) in [4.78, 5) is 31.1. The highest BCUT2D eigenvalue weighted by Gasteiger charge is 2.49. The zero-order valence-corrected chi connectivity index (χ0v) is 17.2. The van der Waals surface area contributed by atoms with Crippen molar-refractivity contribution >= 4 is 17.6 Å². The number of pyridine rings is 1. The van der Waals surface area contributed by atoms with Crippen molar-refractivity contribution in [2.24, 2.45) is 5.92 Å². The molecule has 30 heavy (non-hydrogen) atoms. The van der Waals surface area contributed by atoms with Crippen LogP contribution in [-0.2, 0) is 16.1 Å². The van der Waals surface area contributed by atoms with Gasteiger partial charge in [0.2, 0.25) is 0 Å². The summed E-state index contributed by atoms with van der Waals surface area (Å²) in [7, 11) is 0. The minimum absolute atomic E-state index is 0.0515. The first-order valence-electron chi connectivity index (χ1n) is 10.5. The van der Waals surface area contributed by atoms with Crippen LogP contribution < -0.4 is 10.6 Å². The molecule has 2 aliphatic rings. The van der Waals surface area contributed by atoms with Gasteiger partial charge in [0, 0.05) is 31.7 Å².